The highest BCUT2D eigenvalue weighted by molar-refractivity contribution is 5.97. The van der Waals surface area contributed by atoms with Crippen molar-refractivity contribution in [2.75, 3.05) is 21.3 Å². The molecule has 0 saturated carbocycles. The second kappa shape index (κ2) is 10.9. The lowest BCUT2D eigenvalue weighted by molar-refractivity contribution is 0.0978. The number of hydrogen-bond donors (Lipinski definition) is 0. The van der Waals surface area contributed by atoms with Crippen molar-refractivity contribution < 1.29 is 23.7 Å². The quantitative estimate of drug-likeness (QED) is 0.412. The van der Waals surface area contributed by atoms with Crippen LogP contribution in [0.5, 0.6) is 23.0 Å². The summed E-state index contributed by atoms with van der Waals surface area (Å²) in [4.78, 5) is 12.9. The number of ketones is 1. The normalized spacial score (nSPS) is 11.2. The van der Waals surface area contributed by atoms with E-state index in [0.717, 1.165) is 5.56 Å². The standard InChI is InChI=1S/C26H25NO5/c1-29-23-11-9-19(14-25(23)30-2)21(16-27)13-22(28)20-10-12-24(26(15-20)31-3)32-17-18-7-5-4-6-8-18/h4-12,14-15,21H,13,17H2,1-3H3. The summed E-state index contributed by atoms with van der Waals surface area (Å²) in [6, 6.07) is 22.3. The molecule has 6 nitrogen and oxygen atoms in total. The number of nitriles is 1. The van der Waals surface area contributed by atoms with Crippen LogP contribution in [0, 0.1) is 11.3 Å². The van der Waals surface area contributed by atoms with Crippen molar-refractivity contribution in [3.05, 3.63) is 83.4 Å². The molecule has 0 radical (unpaired) electrons. The van der Waals surface area contributed by atoms with Gasteiger partial charge in [-0.2, -0.15) is 5.26 Å². The second-order valence-electron chi connectivity index (χ2n) is 7.06. The van der Waals surface area contributed by atoms with E-state index in [1.807, 2.05) is 30.3 Å². The van der Waals surface area contributed by atoms with Gasteiger partial charge in [0.15, 0.2) is 28.8 Å². The van der Waals surface area contributed by atoms with Crippen LogP contribution in [0.3, 0.4) is 0 Å². The van der Waals surface area contributed by atoms with E-state index < -0.39 is 5.92 Å². The van der Waals surface area contributed by atoms with Gasteiger partial charge in [-0.15, -0.1) is 0 Å². The number of rotatable bonds is 10. The summed E-state index contributed by atoms with van der Waals surface area (Å²) in [5.41, 5.74) is 2.17. The molecule has 0 aromatic heterocycles. The predicted molar refractivity (Wildman–Crippen MR) is 121 cm³/mol. The van der Waals surface area contributed by atoms with Gasteiger partial charge in [0.1, 0.15) is 6.61 Å². The molecule has 1 unspecified atom stereocenters. The Labute approximate surface area is 187 Å². The number of hydrogen-bond acceptors (Lipinski definition) is 6. The molecule has 0 fully saturated rings. The molecule has 0 amide bonds. The SMILES string of the molecule is COc1ccc(C(C#N)CC(=O)c2ccc(OCc3ccccc3)c(OC)c2)cc1OC. The maximum absolute atomic E-state index is 12.9. The molecule has 0 aliphatic carbocycles. The molecule has 0 spiro atoms. The van der Waals surface area contributed by atoms with Crippen molar-refractivity contribution in [1.29, 1.82) is 5.26 Å². The summed E-state index contributed by atoms with van der Waals surface area (Å²) >= 11 is 0. The van der Waals surface area contributed by atoms with Gasteiger partial charge >= 0.3 is 0 Å². The van der Waals surface area contributed by atoms with Crippen LogP contribution in [0.4, 0.5) is 0 Å². The lowest BCUT2D eigenvalue weighted by Crippen LogP contribution is -2.07. The highest BCUT2D eigenvalue weighted by Gasteiger charge is 2.20. The highest BCUT2D eigenvalue weighted by Crippen LogP contribution is 2.33. The van der Waals surface area contributed by atoms with Gasteiger partial charge in [0, 0.05) is 12.0 Å². The van der Waals surface area contributed by atoms with E-state index in [0.29, 0.717) is 40.7 Å². The lowest BCUT2D eigenvalue weighted by atomic mass is 9.92. The van der Waals surface area contributed by atoms with Crippen LogP contribution in [-0.2, 0) is 6.61 Å². The molecule has 164 valence electrons. The van der Waals surface area contributed by atoms with Gasteiger partial charge in [0.25, 0.3) is 0 Å². The molecule has 6 heteroatoms. The summed E-state index contributed by atoms with van der Waals surface area (Å²) in [5, 5.41) is 9.67. The molecule has 0 aliphatic heterocycles. The maximum Gasteiger partial charge on any atom is 0.164 e. The summed E-state index contributed by atoms with van der Waals surface area (Å²) in [7, 11) is 4.60. The molecule has 3 aromatic carbocycles. The molecule has 0 aliphatic rings. The molecule has 0 heterocycles. The Kier molecular flexibility index (Phi) is 7.71. The number of nitrogens with zero attached hydrogens (tertiary/aromatic N) is 1. The van der Waals surface area contributed by atoms with Gasteiger partial charge in [0.2, 0.25) is 0 Å². The Balaban J connectivity index is 1.74. The van der Waals surface area contributed by atoms with Gasteiger partial charge in [-0.1, -0.05) is 36.4 Å². The Hall–Kier alpha value is -3.98. The predicted octanol–water partition coefficient (Wildman–Crippen LogP) is 5.17. The number of benzene rings is 3. The van der Waals surface area contributed by atoms with Gasteiger partial charge in [-0.25, -0.2) is 0 Å². The smallest absolute Gasteiger partial charge is 0.164 e. The Morgan fingerprint density at radius 3 is 2.16 bits per heavy atom. The van der Waals surface area contributed by atoms with Gasteiger partial charge in [-0.3, -0.25) is 4.79 Å². The van der Waals surface area contributed by atoms with Crippen molar-refractivity contribution in [2.24, 2.45) is 0 Å². The third-order valence-electron chi connectivity index (χ3n) is 5.08. The summed E-state index contributed by atoms with van der Waals surface area (Å²) < 4.78 is 21.8. The molecule has 32 heavy (non-hydrogen) atoms. The second-order valence-corrected chi connectivity index (χ2v) is 7.06. The third kappa shape index (κ3) is 5.38. The zero-order valence-corrected chi connectivity index (χ0v) is 18.3. The minimum absolute atomic E-state index is 0.0271. The molecule has 0 bridgehead atoms. The lowest BCUT2D eigenvalue weighted by Gasteiger charge is -2.14. The first-order valence-corrected chi connectivity index (χ1v) is 10.1. The van der Waals surface area contributed by atoms with Crippen LogP contribution < -0.4 is 18.9 Å². The van der Waals surface area contributed by atoms with E-state index in [-0.39, 0.29) is 12.2 Å². The third-order valence-corrected chi connectivity index (χ3v) is 5.08. The van der Waals surface area contributed by atoms with Crippen molar-refractivity contribution in [2.45, 2.75) is 18.9 Å². The van der Waals surface area contributed by atoms with E-state index in [9.17, 15) is 10.1 Å². The minimum atomic E-state index is -0.623. The van der Waals surface area contributed by atoms with Crippen LogP contribution in [-0.4, -0.2) is 27.1 Å². The zero-order chi connectivity index (χ0) is 22.9. The van der Waals surface area contributed by atoms with Crippen LogP contribution >= 0.6 is 0 Å². The average Bonchev–Trinajstić information content (AvgIpc) is 2.85. The van der Waals surface area contributed by atoms with E-state index in [1.54, 1.807) is 43.5 Å². The first-order valence-electron chi connectivity index (χ1n) is 10.1. The van der Waals surface area contributed by atoms with Gasteiger partial charge < -0.3 is 18.9 Å². The molecule has 0 saturated heterocycles. The maximum atomic E-state index is 12.9. The minimum Gasteiger partial charge on any atom is -0.493 e. The summed E-state index contributed by atoms with van der Waals surface area (Å²) in [6.45, 7) is 0.389. The first kappa shape index (κ1) is 22.7. The number of Topliss-reactive ketones (excluding diaryl/α,β-unsaturated/α-hetero) is 1. The topological polar surface area (TPSA) is 77.8 Å². The van der Waals surface area contributed by atoms with Crippen LogP contribution in [0.1, 0.15) is 33.8 Å². The molecule has 3 aromatic rings. The van der Waals surface area contributed by atoms with Crippen LogP contribution in [0.2, 0.25) is 0 Å². The fraction of sp³-hybridized carbons (Fsp3) is 0.231. The largest absolute Gasteiger partial charge is 0.493 e. The first-order chi connectivity index (χ1) is 15.6. The summed E-state index contributed by atoms with van der Waals surface area (Å²) in [6.07, 6.45) is 0.0271. The van der Waals surface area contributed by atoms with Crippen molar-refractivity contribution >= 4 is 5.78 Å². The van der Waals surface area contributed by atoms with E-state index in [1.165, 1.54) is 14.2 Å². The number of carbonyl (C=O) groups excluding carboxylic acids is 1. The molecule has 3 rings (SSSR count). The number of ether oxygens (including phenoxy) is 4. The van der Waals surface area contributed by atoms with Crippen molar-refractivity contribution in [1.82, 2.24) is 0 Å². The number of carbonyl (C=O) groups is 1. The van der Waals surface area contributed by atoms with Gasteiger partial charge in [0.05, 0.1) is 33.3 Å². The Bertz CT molecular complexity index is 1100. The van der Waals surface area contributed by atoms with Crippen molar-refractivity contribution in [3.63, 3.8) is 0 Å². The fourth-order valence-electron chi connectivity index (χ4n) is 3.31. The molecular weight excluding hydrogens is 406 g/mol. The monoisotopic (exact) mass is 431 g/mol. The van der Waals surface area contributed by atoms with E-state index in [4.69, 9.17) is 18.9 Å². The number of methoxy groups -OCH3 is 3. The Morgan fingerprint density at radius 2 is 1.50 bits per heavy atom. The molecule has 1 atom stereocenters. The summed E-state index contributed by atoms with van der Waals surface area (Å²) in [5.74, 6) is 1.30. The van der Waals surface area contributed by atoms with Crippen LogP contribution in [0.25, 0.3) is 0 Å². The fourth-order valence-corrected chi connectivity index (χ4v) is 3.31. The van der Waals surface area contributed by atoms with Crippen LogP contribution in [0.15, 0.2) is 66.7 Å². The molecule has 0 N–H and O–H groups in total. The van der Waals surface area contributed by atoms with Gasteiger partial charge in [-0.05, 0) is 41.5 Å². The average molecular weight is 431 g/mol. The molecular formula is C26H25NO5. The highest BCUT2D eigenvalue weighted by atomic mass is 16.5. The van der Waals surface area contributed by atoms with E-state index in [2.05, 4.69) is 6.07 Å². The van der Waals surface area contributed by atoms with Crippen molar-refractivity contribution in [3.8, 4) is 29.1 Å². The zero-order valence-electron chi connectivity index (χ0n) is 18.3. The Morgan fingerprint density at radius 1 is 0.844 bits per heavy atom. The van der Waals surface area contributed by atoms with E-state index >= 15 is 0 Å².